The van der Waals surface area contributed by atoms with Crippen LogP contribution in [0.2, 0.25) is 5.15 Å². The molecule has 1 saturated heterocycles. The normalized spacial score (nSPS) is 20.0. The van der Waals surface area contributed by atoms with Gasteiger partial charge >= 0.3 is 0 Å². The number of likely N-dealkylation sites (tertiary alicyclic amines) is 1. The second kappa shape index (κ2) is 9.77. The largest absolute Gasteiger partial charge is 0.473 e. The molecule has 0 spiro atoms. The summed E-state index contributed by atoms with van der Waals surface area (Å²) in [7, 11) is 1.79. The molecule has 0 aliphatic carbocycles. The molecule has 3 atom stereocenters. The van der Waals surface area contributed by atoms with E-state index in [-0.39, 0.29) is 22.9 Å². The number of hydrogen-bond donors (Lipinski definition) is 0. The van der Waals surface area contributed by atoms with Crippen LogP contribution in [-0.2, 0) is 10.2 Å². The second-order valence-corrected chi connectivity index (χ2v) is 9.15. The number of likely N-dealkylation sites (N-methyl/N-ethyl adjacent to an activating group) is 1. The Hall–Kier alpha value is -2.52. The fraction of sp³-hybridized carbons (Fsp3) is 0.478. The maximum Gasteiger partial charge on any atom is 0.218 e. The van der Waals surface area contributed by atoms with Gasteiger partial charge in [-0.1, -0.05) is 17.7 Å². The van der Waals surface area contributed by atoms with Gasteiger partial charge in [0.2, 0.25) is 17.5 Å². The van der Waals surface area contributed by atoms with Crippen LogP contribution in [0.25, 0.3) is 0 Å². The van der Waals surface area contributed by atoms with Crippen LogP contribution < -0.4 is 4.74 Å². The van der Waals surface area contributed by atoms with Crippen LogP contribution in [0.15, 0.2) is 24.3 Å². The number of carbonyl (C=O) groups is 2. The van der Waals surface area contributed by atoms with Gasteiger partial charge in [0.1, 0.15) is 29.1 Å². The van der Waals surface area contributed by atoms with Crippen molar-refractivity contribution >= 4 is 23.2 Å². The Morgan fingerprint density at radius 1 is 1.27 bits per heavy atom. The number of halogens is 4. The molecule has 0 saturated carbocycles. The Bertz CT molecular complexity index is 1050. The molecule has 0 radical (unpaired) electrons. The number of carbonyl (C=O) groups excluding carboxylic acids is 2. The molecule has 10 heteroatoms. The number of benzene rings is 1. The van der Waals surface area contributed by atoms with Crippen molar-refractivity contribution in [3.63, 3.8) is 0 Å². The summed E-state index contributed by atoms with van der Waals surface area (Å²) < 4.78 is 47.9. The monoisotopic (exact) mass is 483 g/mol. The van der Waals surface area contributed by atoms with Crippen molar-refractivity contribution in [3.8, 4) is 5.88 Å². The highest BCUT2D eigenvalue weighted by Crippen LogP contribution is 2.31. The van der Waals surface area contributed by atoms with Gasteiger partial charge in [-0.05, 0) is 46.4 Å². The molecule has 1 aromatic carbocycles. The van der Waals surface area contributed by atoms with Gasteiger partial charge in [-0.3, -0.25) is 14.5 Å². The standard InChI is InChI=1S/C23H25ClF3N3O3/c1-12(16-8-13(25)11-30(16)4)33-20-10-19(24)28-22(29-20)17(31)9-18(32)23(2,3)21-14(26)6-5-7-15(21)27/h5-7,10,12-13,16H,8-9,11H2,1-4H3/t12-,13-,16-/m0/s1. The van der Waals surface area contributed by atoms with Gasteiger partial charge in [-0.15, -0.1) is 0 Å². The van der Waals surface area contributed by atoms with Gasteiger partial charge in [0.15, 0.2) is 5.78 Å². The Labute approximate surface area is 195 Å². The van der Waals surface area contributed by atoms with E-state index in [0.29, 0.717) is 13.0 Å². The van der Waals surface area contributed by atoms with Gasteiger partial charge in [0, 0.05) is 24.2 Å². The highest BCUT2D eigenvalue weighted by molar-refractivity contribution is 6.29. The second-order valence-electron chi connectivity index (χ2n) is 8.76. The van der Waals surface area contributed by atoms with E-state index in [4.69, 9.17) is 16.3 Å². The van der Waals surface area contributed by atoms with Gasteiger partial charge in [0.25, 0.3) is 0 Å². The Morgan fingerprint density at radius 3 is 2.48 bits per heavy atom. The van der Waals surface area contributed by atoms with Gasteiger partial charge in [-0.25, -0.2) is 18.2 Å². The summed E-state index contributed by atoms with van der Waals surface area (Å²) in [5.74, 6) is -3.59. The topological polar surface area (TPSA) is 72.4 Å². The molecule has 178 valence electrons. The molecule has 0 amide bonds. The number of Topliss-reactive ketones (excluding diaryl/α,β-unsaturated/α-hetero) is 2. The number of ether oxygens (including phenoxy) is 1. The molecule has 2 aromatic rings. The summed E-state index contributed by atoms with van der Waals surface area (Å²) in [6.45, 7) is 4.74. The highest BCUT2D eigenvalue weighted by atomic mass is 35.5. The predicted octanol–water partition coefficient (Wildman–Crippen LogP) is 4.34. The number of rotatable bonds is 8. The van der Waals surface area contributed by atoms with Gasteiger partial charge in [-0.2, -0.15) is 4.98 Å². The van der Waals surface area contributed by atoms with Crippen LogP contribution >= 0.6 is 11.6 Å². The van der Waals surface area contributed by atoms with E-state index in [1.165, 1.54) is 26.0 Å². The average molecular weight is 484 g/mol. The molecule has 3 rings (SSSR count). The predicted molar refractivity (Wildman–Crippen MR) is 116 cm³/mol. The van der Waals surface area contributed by atoms with Crippen molar-refractivity contribution < 1.29 is 27.5 Å². The molecule has 1 aliphatic rings. The highest BCUT2D eigenvalue weighted by Gasteiger charge is 2.37. The quantitative estimate of drug-likeness (QED) is 0.316. The molecule has 33 heavy (non-hydrogen) atoms. The first-order valence-corrected chi connectivity index (χ1v) is 10.8. The van der Waals surface area contributed by atoms with Crippen LogP contribution in [0.5, 0.6) is 5.88 Å². The summed E-state index contributed by atoms with van der Waals surface area (Å²) in [6, 6.07) is 4.42. The lowest BCUT2D eigenvalue weighted by atomic mass is 9.78. The van der Waals surface area contributed by atoms with E-state index in [1.807, 2.05) is 4.90 Å². The molecule has 0 bridgehead atoms. The van der Waals surface area contributed by atoms with E-state index in [0.717, 1.165) is 12.1 Å². The molecule has 0 N–H and O–H groups in total. The minimum Gasteiger partial charge on any atom is -0.473 e. The van der Waals surface area contributed by atoms with Crippen molar-refractivity contribution in [1.82, 2.24) is 14.9 Å². The van der Waals surface area contributed by atoms with E-state index < -0.39 is 52.9 Å². The molecule has 6 nitrogen and oxygen atoms in total. The molecule has 1 fully saturated rings. The molecule has 1 aromatic heterocycles. The Balaban J connectivity index is 1.76. The van der Waals surface area contributed by atoms with Gasteiger partial charge < -0.3 is 4.74 Å². The average Bonchev–Trinajstić information content (AvgIpc) is 3.05. The van der Waals surface area contributed by atoms with Crippen molar-refractivity contribution in [2.24, 2.45) is 0 Å². The Kier molecular flexibility index (Phi) is 7.43. The molecular weight excluding hydrogens is 459 g/mol. The maximum atomic E-state index is 14.2. The summed E-state index contributed by atoms with van der Waals surface area (Å²) in [4.78, 5) is 35.3. The van der Waals surface area contributed by atoms with Crippen LogP contribution in [0.1, 0.15) is 49.8 Å². The fourth-order valence-corrected chi connectivity index (χ4v) is 4.22. The number of alkyl halides is 1. The summed E-state index contributed by atoms with van der Waals surface area (Å²) >= 11 is 6.02. The van der Waals surface area contributed by atoms with Gasteiger partial charge in [0.05, 0.1) is 11.8 Å². The molecule has 2 heterocycles. The third kappa shape index (κ3) is 5.52. The summed E-state index contributed by atoms with van der Waals surface area (Å²) in [5, 5.41) is -0.0782. The van der Waals surface area contributed by atoms with Crippen molar-refractivity contribution in [2.45, 2.75) is 57.3 Å². The molecular formula is C23H25ClF3N3O3. The number of nitrogens with zero attached hydrogens (tertiary/aromatic N) is 3. The zero-order valence-corrected chi connectivity index (χ0v) is 19.5. The minimum absolute atomic E-state index is 0.00779. The van der Waals surface area contributed by atoms with Crippen molar-refractivity contribution in [2.75, 3.05) is 13.6 Å². The van der Waals surface area contributed by atoms with E-state index in [2.05, 4.69) is 9.97 Å². The van der Waals surface area contributed by atoms with E-state index in [9.17, 15) is 22.8 Å². The zero-order chi connectivity index (χ0) is 24.5. The van der Waals surface area contributed by atoms with E-state index in [1.54, 1.807) is 14.0 Å². The number of hydrogen-bond acceptors (Lipinski definition) is 6. The van der Waals surface area contributed by atoms with E-state index >= 15 is 0 Å². The molecule has 1 aliphatic heterocycles. The van der Waals surface area contributed by atoms with Crippen LogP contribution in [-0.4, -0.2) is 58.3 Å². The molecule has 0 unspecified atom stereocenters. The first-order chi connectivity index (χ1) is 15.4. The van der Waals surface area contributed by atoms with Crippen LogP contribution in [0.3, 0.4) is 0 Å². The zero-order valence-electron chi connectivity index (χ0n) is 18.7. The fourth-order valence-electron chi connectivity index (χ4n) is 4.05. The van der Waals surface area contributed by atoms with Crippen molar-refractivity contribution in [1.29, 1.82) is 0 Å². The first-order valence-electron chi connectivity index (χ1n) is 10.5. The number of ketones is 2. The minimum atomic E-state index is -1.60. The van der Waals surface area contributed by atoms with Crippen LogP contribution in [0.4, 0.5) is 13.2 Å². The summed E-state index contributed by atoms with van der Waals surface area (Å²) in [6.07, 6.45) is -1.79. The lowest BCUT2D eigenvalue weighted by Gasteiger charge is -2.26. The smallest absolute Gasteiger partial charge is 0.218 e. The first kappa shape index (κ1) is 25.1. The van der Waals surface area contributed by atoms with Crippen molar-refractivity contribution in [3.05, 3.63) is 52.4 Å². The SMILES string of the molecule is C[C@H](Oc1cc(Cl)nc(C(=O)CC(=O)C(C)(C)c2c(F)cccc2F)n1)[C@@H]1C[C@H](F)CN1C. The lowest BCUT2D eigenvalue weighted by Crippen LogP contribution is -2.38. The van der Waals surface area contributed by atoms with Crippen LogP contribution in [0, 0.1) is 11.6 Å². The lowest BCUT2D eigenvalue weighted by molar-refractivity contribution is -0.122. The summed E-state index contributed by atoms with van der Waals surface area (Å²) in [5.41, 5.74) is -2.02. The maximum absolute atomic E-state index is 14.2. The Morgan fingerprint density at radius 2 is 1.91 bits per heavy atom. The third-order valence-electron chi connectivity index (χ3n) is 5.92. The number of aromatic nitrogens is 2. The third-order valence-corrected chi connectivity index (χ3v) is 6.12.